The molecule has 0 aromatic heterocycles. The number of carbonyl (C=O) groups excluding carboxylic acids is 1. The predicted octanol–water partition coefficient (Wildman–Crippen LogP) is 1.27. The molecule has 1 aromatic rings. The summed E-state index contributed by atoms with van der Waals surface area (Å²) < 4.78 is 4.74. The van der Waals surface area contributed by atoms with Gasteiger partial charge < -0.3 is 10.1 Å². The van der Waals surface area contributed by atoms with Crippen LogP contribution >= 0.6 is 0 Å². The van der Waals surface area contributed by atoms with Crippen LogP contribution in [0, 0.1) is 0 Å². The highest BCUT2D eigenvalue weighted by atomic mass is 16.5. The van der Waals surface area contributed by atoms with Crippen LogP contribution in [0.4, 0.5) is 0 Å². The van der Waals surface area contributed by atoms with Crippen molar-refractivity contribution in [3.63, 3.8) is 0 Å². The van der Waals surface area contributed by atoms with Gasteiger partial charge in [-0.2, -0.15) is 0 Å². The van der Waals surface area contributed by atoms with Crippen molar-refractivity contribution >= 4 is 5.97 Å². The van der Waals surface area contributed by atoms with E-state index in [1.54, 1.807) is 6.07 Å². The molecule has 1 unspecified atom stereocenters. The maximum absolute atomic E-state index is 11.5. The first kappa shape index (κ1) is 13.1. The number of benzene rings is 1. The lowest BCUT2D eigenvalue weighted by atomic mass is 10.1. The van der Waals surface area contributed by atoms with Gasteiger partial charge in [0.15, 0.2) is 0 Å². The summed E-state index contributed by atoms with van der Waals surface area (Å²) in [6.07, 6.45) is 0. The normalized spacial score (nSPS) is 20.7. The molecule has 0 spiro atoms. The highest BCUT2D eigenvalue weighted by Gasteiger charge is 2.18. The smallest absolute Gasteiger partial charge is 0.337 e. The Hall–Kier alpha value is -1.39. The Balaban J connectivity index is 2.06. The molecule has 0 radical (unpaired) electrons. The number of rotatable bonds is 3. The maximum atomic E-state index is 11.5. The van der Waals surface area contributed by atoms with Crippen LogP contribution in [-0.2, 0) is 11.3 Å². The number of nitrogens with one attached hydrogen (secondary N) is 1. The van der Waals surface area contributed by atoms with E-state index in [4.69, 9.17) is 4.74 Å². The number of hydrogen-bond donors (Lipinski definition) is 1. The van der Waals surface area contributed by atoms with E-state index in [1.165, 1.54) is 7.11 Å². The number of esters is 1. The standard InChI is InChI=1S/C14H20N2O2/c1-11-9-15-6-7-16(11)10-12-4-3-5-13(8-12)14(17)18-2/h3-5,8,11,15H,6-7,9-10H2,1-2H3. The summed E-state index contributed by atoms with van der Waals surface area (Å²) in [5.41, 5.74) is 1.78. The van der Waals surface area contributed by atoms with Crippen molar-refractivity contribution in [1.82, 2.24) is 10.2 Å². The number of nitrogens with zero attached hydrogens (tertiary/aromatic N) is 1. The first-order valence-corrected chi connectivity index (χ1v) is 6.32. The van der Waals surface area contributed by atoms with Gasteiger partial charge in [0.2, 0.25) is 0 Å². The molecule has 1 heterocycles. The average molecular weight is 248 g/mol. The van der Waals surface area contributed by atoms with E-state index in [1.807, 2.05) is 12.1 Å². The molecule has 1 aliphatic heterocycles. The molecule has 1 aliphatic rings. The molecule has 4 heteroatoms. The van der Waals surface area contributed by atoms with Crippen LogP contribution in [0.5, 0.6) is 0 Å². The van der Waals surface area contributed by atoms with E-state index < -0.39 is 0 Å². The molecule has 0 bridgehead atoms. The summed E-state index contributed by atoms with van der Waals surface area (Å²) in [5, 5.41) is 3.37. The van der Waals surface area contributed by atoms with Gasteiger partial charge in [0.1, 0.15) is 0 Å². The zero-order valence-electron chi connectivity index (χ0n) is 11.0. The van der Waals surface area contributed by atoms with Crippen LogP contribution in [0.25, 0.3) is 0 Å². The molecule has 1 aromatic carbocycles. The highest BCUT2D eigenvalue weighted by Crippen LogP contribution is 2.12. The topological polar surface area (TPSA) is 41.6 Å². The minimum Gasteiger partial charge on any atom is -0.465 e. The first-order valence-electron chi connectivity index (χ1n) is 6.32. The van der Waals surface area contributed by atoms with Crippen LogP contribution in [0.15, 0.2) is 24.3 Å². The van der Waals surface area contributed by atoms with Gasteiger partial charge in [0.25, 0.3) is 0 Å². The molecule has 98 valence electrons. The molecule has 2 rings (SSSR count). The number of ether oxygens (including phenoxy) is 1. The first-order chi connectivity index (χ1) is 8.70. The van der Waals surface area contributed by atoms with Crippen LogP contribution < -0.4 is 5.32 Å². The third-order valence-electron chi connectivity index (χ3n) is 3.37. The van der Waals surface area contributed by atoms with Gasteiger partial charge in [-0.05, 0) is 24.6 Å². The van der Waals surface area contributed by atoms with Crippen molar-refractivity contribution in [3.8, 4) is 0 Å². The van der Waals surface area contributed by atoms with Gasteiger partial charge in [-0.1, -0.05) is 12.1 Å². The van der Waals surface area contributed by atoms with Crippen LogP contribution in [0.1, 0.15) is 22.8 Å². The lowest BCUT2D eigenvalue weighted by Crippen LogP contribution is -2.49. The molecular formula is C14H20N2O2. The van der Waals surface area contributed by atoms with E-state index in [9.17, 15) is 4.79 Å². The van der Waals surface area contributed by atoms with Gasteiger partial charge in [0, 0.05) is 32.2 Å². The van der Waals surface area contributed by atoms with Crippen molar-refractivity contribution < 1.29 is 9.53 Å². The molecule has 18 heavy (non-hydrogen) atoms. The van der Waals surface area contributed by atoms with Crippen LogP contribution in [0.2, 0.25) is 0 Å². The van der Waals surface area contributed by atoms with Gasteiger partial charge >= 0.3 is 5.97 Å². The summed E-state index contributed by atoms with van der Waals surface area (Å²) >= 11 is 0. The zero-order valence-corrected chi connectivity index (χ0v) is 11.0. The average Bonchev–Trinajstić information content (AvgIpc) is 2.41. The van der Waals surface area contributed by atoms with Gasteiger partial charge in [0.05, 0.1) is 12.7 Å². The van der Waals surface area contributed by atoms with E-state index >= 15 is 0 Å². The Labute approximate surface area is 108 Å². The molecule has 1 atom stereocenters. The monoisotopic (exact) mass is 248 g/mol. The molecule has 0 amide bonds. The quantitative estimate of drug-likeness (QED) is 0.818. The number of hydrogen-bond acceptors (Lipinski definition) is 4. The summed E-state index contributed by atoms with van der Waals surface area (Å²) in [7, 11) is 1.41. The zero-order chi connectivity index (χ0) is 13.0. The van der Waals surface area contributed by atoms with Crippen molar-refractivity contribution in [1.29, 1.82) is 0 Å². The Kier molecular flexibility index (Phi) is 4.33. The van der Waals surface area contributed by atoms with Crippen molar-refractivity contribution in [2.45, 2.75) is 19.5 Å². The lowest BCUT2D eigenvalue weighted by Gasteiger charge is -2.33. The minimum atomic E-state index is -0.273. The molecular weight excluding hydrogens is 228 g/mol. The molecule has 0 aliphatic carbocycles. The number of piperazine rings is 1. The Bertz CT molecular complexity index is 420. The van der Waals surface area contributed by atoms with E-state index in [0.29, 0.717) is 11.6 Å². The molecule has 0 saturated carbocycles. The van der Waals surface area contributed by atoms with E-state index in [0.717, 1.165) is 31.7 Å². The van der Waals surface area contributed by atoms with Crippen LogP contribution in [0.3, 0.4) is 0 Å². The molecule has 1 saturated heterocycles. The second-order valence-corrected chi connectivity index (χ2v) is 4.72. The Morgan fingerprint density at radius 2 is 2.39 bits per heavy atom. The van der Waals surface area contributed by atoms with E-state index in [2.05, 4.69) is 23.2 Å². The third kappa shape index (κ3) is 3.09. The maximum Gasteiger partial charge on any atom is 0.337 e. The predicted molar refractivity (Wildman–Crippen MR) is 70.5 cm³/mol. The van der Waals surface area contributed by atoms with Gasteiger partial charge in [-0.15, -0.1) is 0 Å². The Morgan fingerprint density at radius 1 is 1.56 bits per heavy atom. The number of methoxy groups -OCH3 is 1. The lowest BCUT2D eigenvalue weighted by molar-refractivity contribution is 0.0600. The van der Waals surface area contributed by atoms with Crippen LogP contribution in [-0.4, -0.2) is 43.7 Å². The Morgan fingerprint density at radius 3 is 3.11 bits per heavy atom. The fourth-order valence-electron chi connectivity index (χ4n) is 2.27. The minimum absolute atomic E-state index is 0.273. The summed E-state index contributed by atoms with van der Waals surface area (Å²) in [4.78, 5) is 13.9. The summed E-state index contributed by atoms with van der Waals surface area (Å²) in [6, 6.07) is 8.20. The molecule has 1 fully saturated rings. The SMILES string of the molecule is COC(=O)c1cccc(CN2CCNCC2C)c1. The second kappa shape index (κ2) is 5.98. The second-order valence-electron chi connectivity index (χ2n) is 4.72. The summed E-state index contributed by atoms with van der Waals surface area (Å²) in [6.45, 7) is 6.20. The van der Waals surface area contributed by atoms with E-state index in [-0.39, 0.29) is 5.97 Å². The highest BCUT2D eigenvalue weighted by molar-refractivity contribution is 5.89. The summed E-state index contributed by atoms with van der Waals surface area (Å²) in [5.74, 6) is -0.273. The third-order valence-corrected chi connectivity index (χ3v) is 3.37. The fourth-order valence-corrected chi connectivity index (χ4v) is 2.27. The number of carbonyl (C=O) groups is 1. The van der Waals surface area contributed by atoms with Gasteiger partial charge in [-0.3, -0.25) is 4.90 Å². The molecule has 4 nitrogen and oxygen atoms in total. The van der Waals surface area contributed by atoms with Crippen molar-refractivity contribution in [2.24, 2.45) is 0 Å². The van der Waals surface area contributed by atoms with Gasteiger partial charge in [-0.25, -0.2) is 4.79 Å². The molecule has 1 N–H and O–H groups in total. The van der Waals surface area contributed by atoms with Crippen molar-refractivity contribution in [3.05, 3.63) is 35.4 Å². The largest absolute Gasteiger partial charge is 0.465 e. The fraction of sp³-hybridized carbons (Fsp3) is 0.500. The van der Waals surface area contributed by atoms with Crippen molar-refractivity contribution in [2.75, 3.05) is 26.7 Å².